The fourth-order valence-electron chi connectivity index (χ4n) is 5.41. The molecule has 4 saturated carbocycles. The Hall–Kier alpha value is -0.570. The fourth-order valence-corrected chi connectivity index (χ4v) is 5.41. The van der Waals surface area contributed by atoms with Gasteiger partial charge in [-0.15, -0.1) is 0 Å². The molecule has 0 spiro atoms. The topological polar surface area (TPSA) is 40.5 Å². The van der Waals surface area contributed by atoms with Gasteiger partial charge in [-0.25, -0.2) is 0 Å². The summed E-state index contributed by atoms with van der Waals surface area (Å²) in [6.07, 6.45) is 7.61. The Bertz CT molecular complexity index is 313. The highest BCUT2D eigenvalue weighted by Gasteiger charge is 2.50. The molecule has 4 bridgehead atoms. The highest BCUT2D eigenvalue weighted by molar-refractivity contribution is 5.73. The van der Waals surface area contributed by atoms with Gasteiger partial charge >= 0.3 is 5.97 Å². The molecule has 0 radical (unpaired) electrons. The maximum absolute atomic E-state index is 11.4. The van der Waals surface area contributed by atoms with E-state index >= 15 is 0 Å². The number of likely N-dealkylation sites (N-methyl/N-ethyl adjacent to an activating group) is 1. The molecule has 18 heavy (non-hydrogen) atoms. The summed E-state index contributed by atoms with van der Waals surface area (Å²) < 4.78 is 0. The van der Waals surface area contributed by atoms with E-state index in [1.807, 2.05) is 6.92 Å². The predicted molar refractivity (Wildman–Crippen MR) is 70.3 cm³/mol. The number of rotatable bonds is 4. The zero-order valence-corrected chi connectivity index (χ0v) is 11.5. The number of carboxylic acid groups (broad SMARTS) is 1. The molecular formula is C15H25NO2. The predicted octanol–water partition coefficient (Wildman–Crippen LogP) is 2.61. The zero-order chi connectivity index (χ0) is 12.9. The Balaban J connectivity index is 1.78. The van der Waals surface area contributed by atoms with Crippen LogP contribution in [0, 0.1) is 23.7 Å². The second-order valence-corrected chi connectivity index (χ2v) is 6.85. The third-order valence-corrected chi connectivity index (χ3v) is 5.81. The van der Waals surface area contributed by atoms with Crippen molar-refractivity contribution in [2.24, 2.45) is 23.7 Å². The molecule has 102 valence electrons. The van der Waals surface area contributed by atoms with Gasteiger partial charge in [0.2, 0.25) is 0 Å². The van der Waals surface area contributed by atoms with Crippen molar-refractivity contribution in [1.82, 2.24) is 4.90 Å². The Morgan fingerprint density at radius 2 is 1.67 bits per heavy atom. The molecule has 0 aliphatic heterocycles. The molecule has 4 fully saturated rings. The molecule has 1 N–H and O–H groups in total. The lowest BCUT2D eigenvalue weighted by Gasteiger charge is -2.57. The third-order valence-electron chi connectivity index (χ3n) is 5.81. The standard InChI is InChI=1S/C15H25NO2/c1-3-13(15(17)18)16(2)14-11-5-9-4-10(7-11)8-12(14)6-9/h9-14H,3-8H2,1-2H3,(H,17,18). The average molecular weight is 251 g/mol. The fraction of sp³-hybridized carbons (Fsp3) is 0.933. The lowest BCUT2D eigenvalue weighted by atomic mass is 9.54. The average Bonchev–Trinajstić information content (AvgIpc) is 2.27. The lowest BCUT2D eigenvalue weighted by Crippen LogP contribution is -2.58. The quantitative estimate of drug-likeness (QED) is 0.835. The minimum absolute atomic E-state index is 0.285. The maximum Gasteiger partial charge on any atom is 0.320 e. The first-order valence-electron chi connectivity index (χ1n) is 7.54. The van der Waals surface area contributed by atoms with Gasteiger partial charge in [0.1, 0.15) is 6.04 Å². The number of hydrogen-bond acceptors (Lipinski definition) is 2. The van der Waals surface area contributed by atoms with Gasteiger partial charge in [0.05, 0.1) is 0 Å². The number of carbonyl (C=O) groups is 1. The van der Waals surface area contributed by atoms with Gasteiger partial charge in [-0.3, -0.25) is 9.69 Å². The molecule has 4 aliphatic carbocycles. The Morgan fingerprint density at radius 3 is 2.06 bits per heavy atom. The van der Waals surface area contributed by atoms with Crippen LogP contribution in [-0.4, -0.2) is 35.1 Å². The van der Waals surface area contributed by atoms with Gasteiger partial charge in [-0.1, -0.05) is 6.92 Å². The van der Waals surface area contributed by atoms with Crippen molar-refractivity contribution in [2.45, 2.75) is 57.5 Å². The number of aliphatic carboxylic acids is 1. The summed E-state index contributed by atoms with van der Waals surface area (Å²) >= 11 is 0. The summed E-state index contributed by atoms with van der Waals surface area (Å²) in [6.45, 7) is 1.99. The number of nitrogens with zero attached hydrogens (tertiary/aromatic N) is 1. The minimum atomic E-state index is -0.645. The van der Waals surface area contributed by atoms with E-state index in [9.17, 15) is 9.90 Å². The van der Waals surface area contributed by atoms with E-state index in [0.717, 1.165) is 23.7 Å². The van der Waals surface area contributed by atoms with Crippen molar-refractivity contribution >= 4 is 5.97 Å². The number of hydrogen-bond donors (Lipinski definition) is 1. The molecule has 0 aromatic rings. The smallest absolute Gasteiger partial charge is 0.320 e. The highest BCUT2D eigenvalue weighted by atomic mass is 16.4. The SMILES string of the molecule is CCC(C(=O)O)N(C)C1C2CC3CC(C2)CC1C3. The van der Waals surface area contributed by atoms with Crippen LogP contribution in [0.25, 0.3) is 0 Å². The van der Waals surface area contributed by atoms with Crippen LogP contribution < -0.4 is 0 Å². The summed E-state index contributed by atoms with van der Waals surface area (Å²) in [7, 11) is 2.05. The van der Waals surface area contributed by atoms with Crippen molar-refractivity contribution in [2.75, 3.05) is 7.05 Å². The molecule has 4 rings (SSSR count). The molecule has 0 amide bonds. The summed E-state index contributed by atoms with van der Waals surface area (Å²) in [5.74, 6) is 2.83. The van der Waals surface area contributed by atoms with Crippen LogP contribution in [0.15, 0.2) is 0 Å². The number of carboxylic acids is 1. The second-order valence-electron chi connectivity index (χ2n) is 6.85. The van der Waals surface area contributed by atoms with Gasteiger partial charge < -0.3 is 5.11 Å². The van der Waals surface area contributed by atoms with E-state index in [1.165, 1.54) is 32.1 Å². The molecule has 0 aromatic heterocycles. The van der Waals surface area contributed by atoms with Crippen LogP contribution in [0.4, 0.5) is 0 Å². The summed E-state index contributed by atoms with van der Waals surface area (Å²) in [6, 6.07) is 0.256. The van der Waals surface area contributed by atoms with Crippen LogP contribution in [0.3, 0.4) is 0 Å². The van der Waals surface area contributed by atoms with E-state index < -0.39 is 5.97 Å². The lowest BCUT2D eigenvalue weighted by molar-refractivity contribution is -0.148. The van der Waals surface area contributed by atoms with Crippen molar-refractivity contribution in [1.29, 1.82) is 0 Å². The van der Waals surface area contributed by atoms with Crippen molar-refractivity contribution in [3.8, 4) is 0 Å². The Morgan fingerprint density at radius 1 is 1.17 bits per heavy atom. The van der Waals surface area contributed by atoms with Gasteiger partial charge in [0, 0.05) is 6.04 Å². The molecule has 0 heterocycles. The van der Waals surface area contributed by atoms with Crippen molar-refractivity contribution in [3.63, 3.8) is 0 Å². The van der Waals surface area contributed by atoms with Crippen molar-refractivity contribution in [3.05, 3.63) is 0 Å². The minimum Gasteiger partial charge on any atom is -0.480 e. The van der Waals surface area contributed by atoms with Gasteiger partial charge in [0.15, 0.2) is 0 Å². The van der Waals surface area contributed by atoms with Crippen LogP contribution in [0.5, 0.6) is 0 Å². The zero-order valence-electron chi connectivity index (χ0n) is 11.5. The van der Waals surface area contributed by atoms with E-state index in [0.29, 0.717) is 12.5 Å². The van der Waals surface area contributed by atoms with E-state index in [2.05, 4.69) is 11.9 Å². The van der Waals surface area contributed by atoms with Crippen LogP contribution in [-0.2, 0) is 4.79 Å². The largest absolute Gasteiger partial charge is 0.480 e. The first-order chi connectivity index (χ1) is 8.60. The van der Waals surface area contributed by atoms with Gasteiger partial charge in [-0.2, -0.15) is 0 Å². The third kappa shape index (κ3) is 1.87. The van der Waals surface area contributed by atoms with Gasteiger partial charge in [-0.05, 0) is 69.2 Å². The Labute approximate surface area is 110 Å². The maximum atomic E-state index is 11.4. The van der Waals surface area contributed by atoms with Crippen molar-refractivity contribution < 1.29 is 9.90 Å². The molecule has 3 nitrogen and oxygen atoms in total. The summed E-state index contributed by atoms with van der Waals surface area (Å²) in [5.41, 5.74) is 0. The van der Waals surface area contributed by atoms with E-state index in [4.69, 9.17) is 0 Å². The van der Waals surface area contributed by atoms with E-state index in [1.54, 1.807) is 0 Å². The summed E-state index contributed by atoms with van der Waals surface area (Å²) in [4.78, 5) is 13.6. The van der Waals surface area contributed by atoms with Gasteiger partial charge in [0.25, 0.3) is 0 Å². The first kappa shape index (κ1) is 12.5. The normalized spacial score (nSPS) is 43.4. The highest BCUT2D eigenvalue weighted by Crippen LogP contribution is 2.55. The van der Waals surface area contributed by atoms with Crippen LogP contribution in [0.2, 0.25) is 0 Å². The van der Waals surface area contributed by atoms with Crippen LogP contribution >= 0.6 is 0 Å². The van der Waals surface area contributed by atoms with E-state index in [-0.39, 0.29) is 6.04 Å². The molecule has 3 heteroatoms. The summed E-state index contributed by atoms with van der Waals surface area (Å²) in [5, 5.41) is 9.36. The molecule has 1 atom stereocenters. The second kappa shape index (κ2) is 4.52. The molecule has 4 aliphatic rings. The molecule has 0 saturated heterocycles. The molecule has 0 aromatic carbocycles. The monoisotopic (exact) mass is 251 g/mol. The molecular weight excluding hydrogens is 226 g/mol. The Kier molecular flexibility index (Phi) is 3.13. The van der Waals surface area contributed by atoms with Crippen LogP contribution in [0.1, 0.15) is 45.4 Å². The first-order valence-corrected chi connectivity index (χ1v) is 7.54. The molecule has 1 unspecified atom stereocenters.